The second-order valence-corrected chi connectivity index (χ2v) is 12.0. The minimum atomic E-state index is -3.46. The summed E-state index contributed by atoms with van der Waals surface area (Å²) < 4.78 is 34.3. The van der Waals surface area contributed by atoms with Gasteiger partial charge in [-0.05, 0) is 74.8 Å². The summed E-state index contributed by atoms with van der Waals surface area (Å²) in [7, 11) is -1.94. The molecule has 0 radical (unpaired) electrons. The van der Waals surface area contributed by atoms with Crippen LogP contribution in [0, 0.1) is 13.8 Å². The SMILES string of the molecule is COc1cc(N2C(=S)N[C@@H](c3ccccn3)[C@H]2c2cc(C)n(C3CCCC3)c2C)ccc1NS(C)(=O)=O. The minimum absolute atomic E-state index is 0.151. The van der Waals surface area contributed by atoms with E-state index in [1.165, 1.54) is 49.7 Å². The number of aryl methyl sites for hydroxylation is 1. The van der Waals surface area contributed by atoms with Gasteiger partial charge in [-0.15, -0.1) is 0 Å². The number of rotatable bonds is 7. The fourth-order valence-electron chi connectivity index (χ4n) is 5.89. The van der Waals surface area contributed by atoms with Gasteiger partial charge in [0.05, 0.1) is 36.8 Å². The quantitative estimate of drug-likeness (QED) is 0.400. The molecule has 1 aromatic carbocycles. The van der Waals surface area contributed by atoms with Gasteiger partial charge in [-0.2, -0.15) is 0 Å². The number of nitrogens with zero attached hydrogens (tertiary/aromatic N) is 3. The molecule has 1 saturated heterocycles. The van der Waals surface area contributed by atoms with Crippen LogP contribution in [0.4, 0.5) is 11.4 Å². The number of hydrogen-bond donors (Lipinski definition) is 2. The average molecular weight is 540 g/mol. The zero-order valence-electron chi connectivity index (χ0n) is 21.6. The molecule has 1 aliphatic carbocycles. The molecule has 0 amide bonds. The molecular formula is C27H33N5O3S2. The molecule has 8 nitrogen and oxygen atoms in total. The molecule has 0 unspecified atom stereocenters. The number of pyridine rings is 1. The topological polar surface area (TPSA) is 88.5 Å². The maximum Gasteiger partial charge on any atom is 0.229 e. The fraction of sp³-hybridized carbons (Fsp3) is 0.407. The van der Waals surface area contributed by atoms with Crippen molar-refractivity contribution in [2.75, 3.05) is 23.0 Å². The normalized spacial score (nSPS) is 20.3. The Balaban J connectivity index is 1.63. The second kappa shape index (κ2) is 9.98. The van der Waals surface area contributed by atoms with Crippen molar-refractivity contribution in [3.05, 3.63) is 71.3 Å². The van der Waals surface area contributed by atoms with Crippen LogP contribution in [0.5, 0.6) is 5.75 Å². The van der Waals surface area contributed by atoms with Crippen LogP contribution < -0.4 is 19.7 Å². The Kier molecular flexibility index (Phi) is 6.89. The van der Waals surface area contributed by atoms with E-state index in [1.807, 2.05) is 30.3 Å². The zero-order valence-corrected chi connectivity index (χ0v) is 23.2. The first-order valence-electron chi connectivity index (χ1n) is 12.5. The van der Waals surface area contributed by atoms with Gasteiger partial charge in [-0.25, -0.2) is 8.42 Å². The van der Waals surface area contributed by atoms with Gasteiger partial charge in [0.25, 0.3) is 0 Å². The number of ether oxygens (including phenoxy) is 1. The highest BCUT2D eigenvalue weighted by Crippen LogP contribution is 2.46. The first-order chi connectivity index (χ1) is 17.7. The van der Waals surface area contributed by atoms with Gasteiger partial charge in [0.2, 0.25) is 10.0 Å². The van der Waals surface area contributed by atoms with E-state index in [1.54, 1.807) is 12.3 Å². The Morgan fingerprint density at radius 2 is 1.89 bits per heavy atom. The number of aromatic nitrogens is 2. The van der Waals surface area contributed by atoms with Crippen LogP contribution in [0.3, 0.4) is 0 Å². The number of nitrogens with one attached hydrogen (secondary N) is 2. The number of thiocarbonyl (C=S) groups is 1. The van der Waals surface area contributed by atoms with Crippen LogP contribution >= 0.6 is 12.2 Å². The number of hydrogen-bond acceptors (Lipinski definition) is 5. The standard InChI is InChI=1S/C27H33N5O3S2/c1-17-15-21(18(2)31(17)19-9-5-6-10-19)26-25(23-11-7-8-14-28-23)29-27(36)32(26)20-12-13-22(24(16-20)35-3)30-37(4,33)34/h7-8,11-16,19,25-26,30H,5-6,9-10H2,1-4H3,(H,29,36)/t25-,26+/m0/s1. The van der Waals surface area contributed by atoms with Gasteiger partial charge < -0.3 is 19.5 Å². The first-order valence-corrected chi connectivity index (χ1v) is 14.8. The Bertz CT molecular complexity index is 1420. The minimum Gasteiger partial charge on any atom is -0.494 e. The highest BCUT2D eigenvalue weighted by atomic mass is 32.2. The summed E-state index contributed by atoms with van der Waals surface area (Å²) in [5.74, 6) is 0.419. The molecule has 5 rings (SSSR count). The van der Waals surface area contributed by atoms with E-state index < -0.39 is 10.0 Å². The van der Waals surface area contributed by atoms with E-state index in [0.717, 1.165) is 17.6 Å². The second-order valence-electron chi connectivity index (χ2n) is 9.89. The van der Waals surface area contributed by atoms with Gasteiger partial charge in [0.1, 0.15) is 5.75 Å². The third-order valence-electron chi connectivity index (χ3n) is 7.39. The highest BCUT2D eigenvalue weighted by molar-refractivity contribution is 7.92. The van der Waals surface area contributed by atoms with Crippen LogP contribution in [-0.2, 0) is 10.0 Å². The molecule has 2 atom stereocenters. The Morgan fingerprint density at radius 1 is 1.14 bits per heavy atom. The summed E-state index contributed by atoms with van der Waals surface area (Å²) in [6, 6.07) is 13.8. The van der Waals surface area contributed by atoms with Crippen LogP contribution in [0.25, 0.3) is 0 Å². The Hall–Kier alpha value is -3.11. The smallest absolute Gasteiger partial charge is 0.229 e. The molecule has 1 saturated carbocycles. The van der Waals surface area contributed by atoms with Crippen molar-refractivity contribution in [1.29, 1.82) is 0 Å². The zero-order chi connectivity index (χ0) is 26.3. The van der Waals surface area contributed by atoms with Crippen molar-refractivity contribution in [3.8, 4) is 5.75 Å². The van der Waals surface area contributed by atoms with Crippen molar-refractivity contribution in [1.82, 2.24) is 14.9 Å². The van der Waals surface area contributed by atoms with E-state index >= 15 is 0 Å². The number of anilines is 2. The lowest BCUT2D eigenvalue weighted by Crippen LogP contribution is -2.29. The van der Waals surface area contributed by atoms with Crippen molar-refractivity contribution in [2.45, 2.75) is 57.7 Å². The summed E-state index contributed by atoms with van der Waals surface area (Å²) in [5.41, 5.74) is 5.79. The molecule has 2 N–H and O–H groups in total. The van der Waals surface area contributed by atoms with Crippen molar-refractivity contribution >= 4 is 38.7 Å². The van der Waals surface area contributed by atoms with E-state index in [0.29, 0.717) is 22.6 Å². The van der Waals surface area contributed by atoms with Crippen LogP contribution in [-0.4, -0.2) is 36.4 Å². The predicted molar refractivity (Wildman–Crippen MR) is 151 cm³/mol. The molecule has 196 valence electrons. The lowest BCUT2D eigenvalue weighted by atomic mass is 9.96. The van der Waals surface area contributed by atoms with Crippen molar-refractivity contribution in [3.63, 3.8) is 0 Å². The van der Waals surface area contributed by atoms with E-state index in [9.17, 15) is 8.42 Å². The van der Waals surface area contributed by atoms with E-state index in [2.05, 4.69) is 44.4 Å². The van der Waals surface area contributed by atoms with Gasteiger partial charge in [-0.3, -0.25) is 9.71 Å². The van der Waals surface area contributed by atoms with Crippen LogP contribution in [0.2, 0.25) is 0 Å². The van der Waals surface area contributed by atoms with Gasteiger partial charge in [-0.1, -0.05) is 18.9 Å². The molecule has 1 aliphatic heterocycles. The maximum atomic E-state index is 11.9. The van der Waals surface area contributed by atoms with Crippen molar-refractivity contribution < 1.29 is 13.2 Å². The lowest BCUT2D eigenvalue weighted by molar-refractivity contribution is 0.417. The van der Waals surface area contributed by atoms with Gasteiger partial charge in [0.15, 0.2) is 5.11 Å². The summed E-state index contributed by atoms with van der Waals surface area (Å²) >= 11 is 5.89. The molecule has 2 aromatic heterocycles. The first kappa shape index (κ1) is 25.5. The van der Waals surface area contributed by atoms with Crippen LogP contribution in [0.1, 0.15) is 66.5 Å². The highest BCUT2D eigenvalue weighted by Gasteiger charge is 2.42. The number of sulfonamides is 1. The molecular weight excluding hydrogens is 506 g/mol. The predicted octanol–water partition coefficient (Wildman–Crippen LogP) is 5.17. The maximum absolute atomic E-state index is 11.9. The molecule has 37 heavy (non-hydrogen) atoms. The molecule has 0 bridgehead atoms. The summed E-state index contributed by atoms with van der Waals surface area (Å²) in [6.07, 6.45) is 7.86. The van der Waals surface area contributed by atoms with Gasteiger partial charge in [0, 0.05) is 35.4 Å². The molecule has 2 fully saturated rings. The third kappa shape index (κ3) is 4.92. The van der Waals surface area contributed by atoms with Crippen LogP contribution in [0.15, 0.2) is 48.7 Å². The molecule has 2 aliphatic rings. The lowest BCUT2D eigenvalue weighted by Gasteiger charge is -2.29. The third-order valence-corrected chi connectivity index (χ3v) is 8.29. The average Bonchev–Trinajstić information content (AvgIpc) is 3.57. The molecule has 0 spiro atoms. The Labute approximate surface area is 224 Å². The monoisotopic (exact) mass is 539 g/mol. The van der Waals surface area contributed by atoms with Crippen molar-refractivity contribution in [2.24, 2.45) is 0 Å². The number of methoxy groups -OCH3 is 1. The summed E-state index contributed by atoms with van der Waals surface area (Å²) in [5, 5.41) is 4.10. The fourth-order valence-corrected chi connectivity index (χ4v) is 6.80. The molecule has 3 aromatic rings. The van der Waals surface area contributed by atoms with E-state index in [-0.39, 0.29) is 12.1 Å². The summed E-state index contributed by atoms with van der Waals surface area (Å²) in [6.45, 7) is 4.39. The van der Waals surface area contributed by atoms with E-state index in [4.69, 9.17) is 17.0 Å². The number of benzene rings is 1. The Morgan fingerprint density at radius 3 is 2.54 bits per heavy atom. The summed E-state index contributed by atoms with van der Waals surface area (Å²) in [4.78, 5) is 6.77. The van der Waals surface area contributed by atoms with Gasteiger partial charge >= 0.3 is 0 Å². The largest absolute Gasteiger partial charge is 0.494 e. The molecule has 3 heterocycles. The molecule has 10 heteroatoms.